The summed E-state index contributed by atoms with van der Waals surface area (Å²) >= 11 is 0. The number of likely N-dealkylation sites (N-methyl/N-ethyl adjacent to an activating group) is 1. The molecule has 0 spiro atoms. The lowest BCUT2D eigenvalue weighted by Gasteiger charge is -2.35. The molecule has 0 saturated carbocycles. The summed E-state index contributed by atoms with van der Waals surface area (Å²) in [5.74, 6) is -0.699. The fourth-order valence-corrected chi connectivity index (χ4v) is 4.92. The third kappa shape index (κ3) is 3.32. The number of hydrogen-bond acceptors (Lipinski definition) is 4. The van der Waals surface area contributed by atoms with Gasteiger partial charge >= 0.3 is 0 Å². The van der Waals surface area contributed by atoms with Crippen LogP contribution in [0.25, 0.3) is 6.08 Å². The van der Waals surface area contributed by atoms with Gasteiger partial charge in [0.2, 0.25) is 5.91 Å². The van der Waals surface area contributed by atoms with Crippen LogP contribution in [0.4, 0.5) is 0 Å². The Labute approximate surface area is 170 Å². The van der Waals surface area contributed by atoms with Crippen molar-refractivity contribution in [3.63, 3.8) is 0 Å². The first-order chi connectivity index (χ1) is 14.1. The highest BCUT2D eigenvalue weighted by Gasteiger charge is 2.54. The second kappa shape index (κ2) is 7.97. The molecule has 29 heavy (non-hydrogen) atoms. The Balaban J connectivity index is 1.67. The topological polar surface area (TPSA) is 74.6 Å². The first kappa shape index (κ1) is 19.6. The molecule has 2 aliphatic heterocycles. The van der Waals surface area contributed by atoms with Crippen molar-refractivity contribution in [2.75, 3.05) is 13.7 Å². The second-order valence-electron chi connectivity index (χ2n) is 7.88. The summed E-state index contributed by atoms with van der Waals surface area (Å²) < 4.78 is 1.79. The summed E-state index contributed by atoms with van der Waals surface area (Å²) in [7, 11) is 1.98. The van der Waals surface area contributed by atoms with E-state index in [1.807, 2.05) is 68.6 Å². The van der Waals surface area contributed by atoms with E-state index in [0.717, 1.165) is 11.3 Å². The SMILES string of the molecule is C/C=C/c1ccc2n(c1=O)C[C@@H]1[C@@H](CO)[C@H](C(=O)NCc3ccccc3)[C@H]2N1C. The van der Waals surface area contributed by atoms with E-state index < -0.39 is 5.92 Å². The summed E-state index contributed by atoms with van der Waals surface area (Å²) in [6.07, 6.45) is 3.66. The van der Waals surface area contributed by atoms with Crippen molar-refractivity contribution in [3.8, 4) is 0 Å². The predicted molar refractivity (Wildman–Crippen MR) is 112 cm³/mol. The highest BCUT2D eigenvalue weighted by atomic mass is 16.3. The Morgan fingerprint density at radius 1 is 1.24 bits per heavy atom. The van der Waals surface area contributed by atoms with Crippen LogP contribution >= 0.6 is 0 Å². The number of nitrogens with zero attached hydrogens (tertiary/aromatic N) is 2. The summed E-state index contributed by atoms with van der Waals surface area (Å²) in [6, 6.07) is 13.3. The van der Waals surface area contributed by atoms with Crippen LogP contribution in [0.3, 0.4) is 0 Å². The number of benzene rings is 1. The van der Waals surface area contributed by atoms with Gasteiger partial charge in [-0.3, -0.25) is 14.5 Å². The molecule has 4 atom stereocenters. The number of hydrogen-bond donors (Lipinski definition) is 2. The Morgan fingerprint density at radius 3 is 2.69 bits per heavy atom. The molecule has 2 aliphatic rings. The molecule has 1 aromatic heterocycles. The van der Waals surface area contributed by atoms with Gasteiger partial charge < -0.3 is 15.0 Å². The summed E-state index contributed by atoms with van der Waals surface area (Å²) in [5.41, 5.74) is 2.48. The van der Waals surface area contributed by atoms with Gasteiger partial charge in [0.05, 0.1) is 12.0 Å². The Kier molecular flexibility index (Phi) is 5.39. The molecule has 6 nitrogen and oxygen atoms in total. The van der Waals surface area contributed by atoms with Gasteiger partial charge in [-0.25, -0.2) is 0 Å². The van der Waals surface area contributed by atoms with Gasteiger partial charge in [0, 0.05) is 42.9 Å². The third-order valence-electron chi connectivity index (χ3n) is 6.34. The zero-order valence-electron chi connectivity index (χ0n) is 16.8. The maximum absolute atomic E-state index is 13.2. The standard InChI is InChI=1S/C23H27N3O3/c1-3-7-16-10-11-18-21-20(22(28)24-12-15-8-5-4-6-9-15)17(14-27)19(25(21)2)13-26(18)23(16)29/h3-11,17,19-21,27H,12-14H2,1-2H3,(H,24,28)/b7-3+/t17-,19-,20+,21+/m1/s1. The minimum absolute atomic E-state index is 0.0364. The quantitative estimate of drug-likeness (QED) is 0.812. The average Bonchev–Trinajstić information content (AvgIpc) is 2.91. The number of allylic oxidation sites excluding steroid dienone is 1. The summed E-state index contributed by atoms with van der Waals surface area (Å²) in [5, 5.41) is 13.2. The minimum Gasteiger partial charge on any atom is -0.396 e. The molecule has 6 heteroatoms. The van der Waals surface area contributed by atoms with Crippen LogP contribution in [0.1, 0.15) is 29.8 Å². The lowest BCUT2D eigenvalue weighted by atomic mass is 9.86. The number of pyridine rings is 1. The van der Waals surface area contributed by atoms with Crippen molar-refractivity contribution in [3.05, 3.63) is 75.7 Å². The first-order valence-corrected chi connectivity index (χ1v) is 10.1. The molecule has 1 aromatic carbocycles. The van der Waals surface area contributed by atoms with Gasteiger partial charge in [-0.05, 0) is 31.7 Å². The highest BCUT2D eigenvalue weighted by molar-refractivity contribution is 5.80. The second-order valence-corrected chi connectivity index (χ2v) is 7.88. The largest absolute Gasteiger partial charge is 0.396 e. The van der Waals surface area contributed by atoms with E-state index in [-0.39, 0.29) is 36.1 Å². The fourth-order valence-electron chi connectivity index (χ4n) is 4.92. The van der Waals surface area contributed by atoms with Gasteiger partial charge in [-0.1, -0.05) is 42.5 Å². The number of carbonyl (C=O) groups is 1. The van der Waals surface area contributed by atoms with Gasteiger partial charge in [-0.2, -0.15) is 0 Å². The average molecular weight is 393 g/mol. The van der Waals surface area contributed by atoms with Crippen LogP contribution in [-0.4, -0.2) is 40.2 Å². The zero-order chi connectivity index (χ0) is 20.5. The Morgan fingerprint density at radius 2 is 2.00 bits per heavy atom. The first-order valence-electron chi connectivity index (χ1n) is 10.1. The molecule has 2 bridgehead atoms. The fraction of sp³-hybridized carbons (Fsp3) is 0.391. The molecule has 4 rings (SSSR count). The molecular weight excluding hydrogens is 366 g/mol. The monoisotopic (exact) mass is 393 g/mol. The van der Waals surface area contributed by atoms with Crippen molar-refractivity contribution in [2.45, 2.75) is 32.1 Å². The molecule has 0 unspecified atom stereocenters. The van der Waals surface area contributed by atoms with E-state index >= 15 is 0 Å². The number of amides is 1. The van der Waals surface area contributed by atoms with Crippen LogP contribution < -0.4 is 10.9 Å². The molecule has 1 amide bonds. The van der Waals surface area contributed by atoms with Crippen LogP contribution in [0.2, 0.25) is 0 Å². The van der Waals surface area contributed by atoms with Crippen LogP contribution in [0, 0.1) is 11.8 Å². The minimum atomic E-state index is -0.403. The van der Waals surface area contributed by atoms with Gasteiger partial charge in [-0.15, -0.1) is 0 Å². The maximum Gasteiger partial charge on any atom is 0.258 e. The van der Waals surface area contributed by atoms with E-state index in [1.54, 1.807) is 4.57 Å². The number of nitrogens with one attached hydrogen (secondary N) is 1. The van der Waals surface area contributed by atoms with Gasteiger partial charge in [0.25, 0.3) is 5.56 Å². The number of aromatic nitrogens is 1. The van der Waals surface area contributed by atoms with Crippen LogP contribution in [0.5, 0.6) is 0 Å². The predicted octanol–water partition coefficient (Wildman–Crippen LogP) is 1.79. The number of fused-ring (bicyclic) bond motifs is 4. The highest BCUT2D eigenvalue weighted by Crippen LogP contribution is 2.47. The summed E-state index contributed by atoms with van der Waals surface area (Å²) in [6.45, 7) is 2.73. The van der Waals surface area contributed by atoms with Gasteiger partial charge in [0.1, 0.15) is 0 Å². The van der Waals surface area contributed by atoms with E-state index in [4.69, 9.17) is 0 Å². The lowest BCUT2D eigenvalue weighted by molar-refractivity contribution is -0.127. The third-order valence-corrected chi connectivity index (χ3v) is 6.34. The molecule has 1 fully saturated rings. The molecule has 0 aliphatic carbocycles. The van der Waals surface area contributed by atoms with E-state index in [1.165, 1.54) is 0 Å². The molecule has 0 radical (unpaired) electrons. The summed E-state index contributed by atoms with van der Waals surface area (Å²) in [4.78, 5) is 28.3. The zero-order valence-corrected chi connectivity index (χ0v) is 16.8. The van der Waals surface area contributed by atoms with E-state index in [9.17, 15) is 14.7 Å². The molecule has 152 valence electrons. The number of aliphatic hydroxyl groups excluding tert-OH is 1. The Bertz CT molecular complexity index is 983. The van der Waals surface area contributed by atoms with Crippen LogP contribution in [0.15, 0.2) is 53.3 Å². The van der Waals surface area contributed by atoms with E-state index in [2.05, 4.69) is 10.2 Å². The number of carbonyl (C=O) groups excluding carboxylic acids is 1. The van der Waals surface area contributed by atoms with Gasteiger partial charge in [0.15, 0.2) is 0 Å². The Hall–Kier alpha value is -2.70. The maximum atomic E-state index is 13.2. The smallest absolute Gasteiger partial charge is 0.258 e. The van der Waals surface area contributed by atoms with Crippen LogP contribution in [-0.2, 0) is 17.9 Å². The molecular formula is C23H27N3O3. The van der Waals surface area contributed by atoms with Crippen molar-refractivity contribution in [1.82, 2.24) is 14.8 Å². The van der Waals surface area contributed by atoms with Crippen molar-refractivity contribution < 1.29 is 9.90 Å². The number of rotatable bonds is 5. The van der Waals surface area contributed by atoms with E-state index in [0.29, 0.717) is 18.7 Å². The lowest BCUT2D eigenvalue weighted by Crippen LogP contribution is -2.44. The molecule has 3 heterocycles. The van der Waals surface area contributed by atoms with Crippen molar-refractivity contribution in [1.29, 1.82) is 0 Å². The number of aliphatic hydroxyl groups is 1. The van der Waals surface area contributed by atoms with Crippen molar-refractivity contribution >= 4 is 12.0 Å². The molecule has 2 aromatic rings. The normalized spacial score (nSPS) is 25.9. The molecule has 1 saturated heterocycles. The molecule has 2 N–H and O–H groups in total. The van der Waals surface area contributed by atoms with Crippen molar-refractivity contribution in [2.24, 2.45) is 11.8 Å².